The molecule has 0 fully saturated rings. The third-order valence-electron chi connectivity index (χ3n) is 2.42. The van der Waals surface area contributed by atoms with E-state index in [1.54, 1.807) is 36.1 Å². The lowest BCUT2D eigenvalue weighted by molar-refractivity contribution is 0.102. The van der Waals surface area contributed by atoms with Gasteiger partial charge in [-0.25, -0.2) is 4.98 Å². The van der Waals surface area contributed by atoms with E-state index in [1.165, 1.54) is 6.20 Å². The van der Waals surface area contributed by atoms with Gasteiger partial charge in [-0.3, -0.25) is 9.48 Å². The summed E-state index contributed by atoms with van der Waals surface area (Å²) in [6.45, 7) is 0.0327. The lowest BCUT2D eigenvalue weighted by Gasteiger charge is -2.01. The molecule has 0 unspecified atom stereocenters. The number of aromatic nitrogens is 3. The van der Waals surface area contributed by atoms with E-state index >= 15 is 0 Å². The molecule has 0 radical (unpaired) electrons. The zero-order valence-corrected chi connectivity index (χ0v) is 11.0. The molecule has 2 rings (SSSR count). The SMILES string of the molecule is Cn1ccc(NC(=O)c2ccc(C#CCCO)cn2)n1. The Labute approximate surface area is 116 Å². The maximum atomic E-state index is 11.9. The number of amides is 1. The summed E-state index contributed by atoms with van der Waals surface area (Å²) in [4.78, 5) is 16.0. The van der Waals surface area contributed by atoms with Crippen LogP contribution in [-0.2, 0) is 7.05 Å². The minimum absolute atomic E-state index is 0.0327. The highest BCUT2D eigenvalue weighted by atomic mass is 16.2. The van der Waals surface area contributed by atoms with Crippen molar-refractivity contribution in [2.75, 3.05) is 11.9 Å². The first-order chi connectivity index (χ1) is 9.69. The van der Waals surface area contributed by atoms with Gasteiger partial charge in [-0.15, -0.1) is 0 Å². The van der Waals surface area contributed by atoms with Gasteiger partial charge in [0.05, 0.1) is 6.61 Å². The molecule has 2 aromatic rings. The second-order valence-electron chi connectivity index (χ2n) is 4.04. The lowest BCUT2D eigenvalue weighted by atomic mass is 10.2. The van der Waals surface area contributed by atoms with Crippen molar-refractivity contribution in [2.24, 2.45) is 7.05 Å². The standard InChI is InChI=1S/C14H14N4O2/c1-18-8-7-13(17-18)16-14(20)12-6-5-11(10-15-12)4-2-3-9-19/h5-8,10,19H,3,9H2,1H3,(H,16,17,20). The van der Waals surface area contributed by atoms with Gasteiger partial charge in [0, 0.05) is 37.5 Å². The number of carbonyl (C=O) groups excluding carboxylic acids is 1. The smallest absolute Gasteiger partial charge is 0.275 e. The van der Waals surface area contributed by atoms with E-state index in [2.05, 4.69) is 27.2 Å². The highest BCUT2D eigenvalue weighted by Gasteiger charge is 2.08. The normalized spacial score (nSPS) is 9.70. The topological polar surface area (TPSA) is 80.0 Å². The van der Waals surface area contributed by atoms with Gasteiger partial charge in [0.2, 0.25) is 0 Å². The zero-order valence-electron chi connectivity index (χ0n) is 11.0. The van der Waals surface area contributed by atoms with Crippen molar-refractivity contribution in [3.63, 3.8) is 0 Å². The average molecular weight is 270 g/mol. The van der Waals surface area contributed by atoms with Crippen molar-refractivity contribution in [1.29, 1.82) is 0 Å². The van der Waals surface area contributed by atoms with Crippen molar-refractivity contribution in [1.82, 2.24) is 14.8 Å². The van der Waals surface area contributed by atoms with Crippen molar-refractivity contribution in [3.05, 3.63) is 41.9 Å². The number of aliphatic hydroxyl groups excluding tert-OH is 1. The van der Waals surface area contributed by atoms with Crippen LogP contribution >= 0.6 is 0 Å². The minimum Gasteiger partial charge on any atom is -0.395 e. The number of hydrogen-bond acceptors (Lipinski definition) is 4. The van der Waals surface area contributed by atoms with Crippen LogP contribution < -0.4 is 5.32 Å². The summed E-state index contributed by atoms with van der Waals surface area (Å²) in [5.74, 6) is 5.79. The number of aryl methyl sites for hydroxylation is 1. The van der Waals surface area contributed by atoms with Gasteiger partial charge < -0.3 is 10.4 Å². The molecule has 6 heteroatoms. The van der Waals surface area contributed by atoms with E-state index < -0.39 is 0 Å². The van der Waals surface area contributed by atoms with E-state index in [0.717, 1.165) is 0 Å². The van der Waals surface area contributed by atoms with Crippen LogP contribution in [0.3, 0.4) is 0 Å². The second kappa shape index (κ2) is 6.50. The number of nitrogens with zero attached hydrogens (tertiary/aromatic N) is 3. The van der Waals surface area contributed by atoms with Gasteiger partial charge in [-0.1, -0.05) is 11.8 Å². The fourth-order valence-electron chi connectivity index (χ4n) is 1.48. The van der Waals surface area contributed by atoms with Crippen molar-refractivity contribution in [2.45, 2.75) is 6.42 Å². The molecule has 1 amide bonds. The van der Waals surface area contributed by atoms with Crippen LogP contribution in [0.25, 0.3) is 0 Å². The van der Waals surface area contributed by atoms with Gasteiger partial charge in [0.1, 0.15) is 5.69 Å². The fourth-order valence-corrected chi connectivity index (χ4v) is 1.48. The van der Waals surface area contributed by atoms with Crippen LogP contribution in [0.4, 0.5) is 5.82 Å². The van der Waals surface area contributed by atoms with E-state index in [0.29, 0.717) is 23.5 Å². The number of aliphatic hydroxyl groups is 1. The molecule has 0 aliphatic rings. The molecule has 20 heavy (non-hydrogen) atoms. The first kappa shape index (κ1) is 13.8. The van der Waals surface area contributed by atoms with E-state index in [4.69, 9.17) is 5.11 Å². The van der Waals surface area contributed by atoms with Crippen LogP contribution in [0, 0.1) is 11.8 Å². The Balaban J connectivity index is 2.02. The third-order valence-corrected chi connectivity index (χ3v) is 2.42. The molecule has 0 bridgehead atoms. The fraction of sp³-hybridized carbons (Fsp3) is 0.214. The second-order valence-corrected chi connectivity index (χ2v) is 4.04. The number of nitrogens with one attached hydrogen (secondary N) is 1. The summed E-state index contributed by atoms with van der Waals surface area (Å²) in [7, 11) is 1.77. The Hall–Kier alpha value is -2.65. The molecule has 0 saturated heterocycles. The molecule has 102 valence electrons. The van der Waals surface area contributed by atoms with Crippen LogP contribution in [-0.4, -0.2) is 32.4 Å². The van der Waals surface area contributed by atoms with Crippen LogP contribution in [0.1, 0.15) is 22.5 Å². The van der Waals surface area contributed by atoms with Gasteiger partial charge in [0.15, 0.2) is 5.82 Å². The maximum Gasteiger partial charge on any atom is 0.275 e. The number of carbonyl (C=O) groups is 1. The van der Waals surface area contributed by atoms with Crippen LogP contribution in [0.15, 0.2) is 30.6 Å². The predicted octanol–water partition coefficient (Wildman–Crippen LogP) is 0.801. The minimum atomic E-state index is -0.321. The summed E-state index contributed by atoms with van der Waals surface area (Å²) in [5, 5.41) is 15.3. The summed E-state index contributed by atoms with van der Waals surface area (Å²) >= 11 is 0. The lowest BCUT2D eigenvalue weighted by Crippen LogP contribution is -2.14. The monoisotopic (exact) mass is 270 g/mol. The molecule has 2 heterocycles. The average Bonchev–Trinajstić information content (AvgIpc) is 2.85. The molecule has 0 aromatic carbocycles. The van der Waals surface area contributed by atoms with Crippen molar-refractivity contribution >= 4 is 11.7 Å². The zero-order chi connectivity index (χ0) is 14.4. The molecule has 2 N–H and O–H groups in total. The van der Waals surface area contributed by atoms with Gasteiger partial charge >= 0.3 is 0 Å². The molecule has 0 saturated carbocycles. The first-order valence-electron chi connectivity index (χ1n) is 6.06. The highest BCUT2D eigenvalue weighted by Crippen LogP contribution is 2.05. The highest BCUT2D eigenvalue weighted by molar-refractivity contribution is 6.02. The number of anilines is 1. The van der Waals surface area contributed by atoms with Crippen molar-refractivity contribution < 1.29 is 9.90 Å². The molecule has 0 aliphatic carbocycles. The summed E-state index contributed by atoms with van der Waals surface area (Å²) < 4.78 is 1.60. The predicted molar refractivity (Wildman–Crippen MR) is 74.0 cm³/mol. The Morgan fingerprint density at radius 3 is 2.90 bits per heavy atom. The quantitative estimate of drug-likeness (QED) is 0.808. The van der Waals surface area contributed by atoms with Crippen molar-refractivity contribution in [3.8, 4) is 11.8 Å². The Morgan fingerprint density at radius 1 is 1.45 bits per heavy atom. The molecule has 0 atom stereocenters. The molecular formula is C14H14N4O2. The number of rotatable bonds is 3. The number of pyridine rings is 1. The van der Waals surface area contributed by atoms with Gasteiger partial charge in [-0.05, 0) is 12.1 Å². The Bertz CT molecular complexity index is 650. The summed E-state index contributed by atoms with van der Waals surface area (Å²) in [6, 6.07) is 5.01. The summed E-state index contributed by atoms with van der Waals surface area (Å²) in [5.41, 5.74) is 0.996. The van der Waals surface area contributed by atoms with Crippen LogP contribution in [0.2, 0.25) is 0 Å². The van der Waals surface area contributed by atoms with E-state index in [-0.39, 0.29) is 12.5 Å². The van der Waals surface area contributed by atoms with E-state index in [9.17, 15) is 4.79 Å². The number of hydrogen-bond donors (Lipinski definition) is 2. The van der Waals surface area contributed by atoms with E-state index in [1.807, 2.05) is 0 Å². The first-order valence-corrected chi connectivity index (χ1v) is 6.06. The molecule has 2 aromatic heterocycles. The molecule has 0 spiro atoms. The molecule has 0 aliphatic heterocycles. The largest absolute Gasteiger partial charge is 0.395 e. The van der Waals surface area contributed by atoms with Gasteiger partial charge in [-0.2, -0.15) is 5.10 Å². The Morgan fingerprint density at radius 2 is 2.30 bits per heavy atom. The van der Waals surface area contributed by atoms with Gasteiger partial charge in [0.25, 0.3) is 5.91 Å². The third kappa shape index (κ3) is 3.67. The summed E-state index contributed by atoms with van der Waals surface area (Å²) in [6.07, 6.45) is 3.68. The molecule has 6 nitrogen and oxygen atoms in total. The Kier molecular flexibility index (Phi) is 4.47. The maximum absolute atomic E-state index is 11.9. The molecular weight excluding hydrogens is 256 g/mol. The van der Waals surface area contributed by atoms with Crippen LogP contribution in [0.5, 0.6) is 0 Å².